The second-order valence-corrected chi connectivity index (χ2v) is 5.40. The summed E-state index contributed by atoms with van der Waals surface area (Å²) in [6.45, 7) is 7.77. The number of hydrogen-bond donors (Lipinski definition) is 1. The third-order valence-electron chi connectivity index (χ3n) is 4.15. The smallest absolute Gasteiger partial charge is 0.106 e. The van der Waals surface area contributed by atoms with Crippen LogP contribution in [0.15, 0.2) is 0 Å². The summed E-state index contributed by atoms with van der Waals surface area (Å²) in [6, 6.07) is 0. The molecule has 1 N–H and O–H groups in total. The Kier molecular flexibility index (Phi) is 6.12. The van der Waals surface area contributed by atoms with Crippen molar-refractivity contribution in [3.05, 3.63) is 17.2 Å². The highest BCUT2D eigenvalue weighted by atomic mass is 35.5. The number of rotatable bonds is 1. The number of fused-ring (bicyclic) bond motifs is 1. The average molecular weight is 307 g/mol. The van der Waals surface area contributed by atoms with Crippen molar-refractivity contribution < 1.29 is 0 Å². The first kappa shape index (κ1) is 16.8. The van der Waals surface area contributed by atoms with Crippen LogP contribution in [0.25, 0.3) is 0 Å². The van der Waals surface area contributed by atoms with Crippen molar-refractivity contribution in [2.45, 2.75) is 38.8 Å². The maximum Gasteiger partial charge on any atom is 0.106 e. The Morgan fingerprint density at radius 2 is 1.84 bits per heavy atom. The molecule has 1 aromatic rings. The first-order valence-electron chi connectivity index (χ1n) is 6.71. The lowest BCUT2D eigenvalue weighted by Gasteiger charge is -2.28. The Balaban J connectivity index is 0.000000902. The first-order valence-corrected chi connectivity index (χ1v) is 6.71. The zero-order valence-corrected chi connectivity index (χ0v) is 13.3. The van der Waals surface area contributed by atoms with Gasteiger partial charge in [-0.15, -0.1) is 24.8 Å². The van der Waals surface area contributed by atoms with Crippen LogP contribution in [-0.2, 0) is 13.1 Å². The van der Waals surface area contributed by atoms with Crippen LogP contribution in [0.4, 0.5) is 0 Å². The molecule has 0 aliphatic carbocycles. The van der Waals surface area contributed by atoms with Gasteiger partial charge in [0.1, 0.15) is 5.82 Å². The predicted octanol–water partition coefficient (Wildman–Crippen LogP) is 1.95. The lowest BCUT2D eigenvalue weighted by molar-refractivity contribution is 0.265. The summed E-state index contributed by atoms with van der Waals surface area (Å²) in [5.41, 5.74) is 2.86. The number of imidazole rings is 1. The van der Waals surface area contributed by atoms with E-state index in [1.807, 2.05) is 0 Å². The number of aryl methyl sites for hydroxylation is 1. The van der Waals surface area contributed by atoms with Gasteiger partial charge in [-0.1, -0.05) is 0 Å². The molecule has 110 valence electrons. The van der Waals surface area contributed by atoms with Gasteiger partial charge in [-0.25, -0.2) is 4.98 Å². The zero-order chi connectivity index (χ0) is 11.8. The average Bonchev–Trinajstić information content (AvgIpc) is 2.67. The van der Waals surface area contributed by atoms with E-state index in [9.17, 15) is 0 Å². The van der Waals surface area contributed by atoms with Crippen molar-refractivity contribution in [3.63, 3.8) is 0 Å². The van der Waals surface area contributed by atoms with E-state index in [-0.39, 0.29) is 24.8 Å². The predicted molar refractivity (Wildman–Crippen MR) is 82.6 cm³/mol. The van der Waals surface area contributed by atoms with Gasteiger partial charge < -0.3 is 9.88 Å². The molecule has 1 aromatic heterocycles. The van der Waals surface area contributed by atoms with Crippen molar-refractivity contribution in [1.29, 1.82) is 0 Å². The van der Waals surface area contributed by atoms with E-state index in [1.165, 1.54) is 30.1 Å². The summed E-state index contributed by atoms with van der Waals surface area (Å²) in [7, 11) is 2.21. The van der Waals surface area contributed by atoms with Gasteiger partial charge in [-0.2, -0.15) is 0 Å². The number of aromatic nitrogens is 2. The van der Waals surface area contributed by atoms with Crippen LogP contribution in [0.5, 0.6) is 0 Å². The minimum Gasteiger partial charge on any atom is -0.329 e. The van der Waals surface area contributed by atoms with Crippen LogP contribution in [0.3, 0.4) is 0 Å². The van der Waals surface area contributed by atoms with Crippen LogP contribution in [-0.4, -0.2) is 41.1 Å². The Morgan fingerprint density at radius 3 is 2.53 bits per heavy atom. The maximum atomic E-state index is 4.86. The number of likely N-dealkylation sites (N-methyl/N-ethyl adjacent to an activating group) is 1. The fraction of sp³-hybridized carbons (Fsp3) is 0.769. The quantitative estimate of drug-likeness (QED) is 0.861. The molecule has 0 radical (unpaired) electrons. The molecular formula is C13H24Cl2N4. The van der Waals surface area contributed by atoms with E-state index >= 15 is 0 Å². The largest absolute Gasteiger partial charge is 0.329 e. The van der Waals surface area contributed by atoms with Gasteiger partial charge in [0.15, 0.2) is 0 Å². The molecule has 0 bridgehead atoms. The molecule has 0 saturated carbocycles. The van der Waals surface area contributed by atoms with E-state index in [2.05, 4.69) is 28.8 Å². The molecule has 0 amide bonds. The van der Waals surface area contributed by atoms with Gasteiger partial charge >= 0.3 is 0 Å². The molecule has 0 aromatic carbocycles. The SMILES string of the molecule is Cc1nc(C2CCNCC2)c2n1CCN(C)C2.Cl.Cl. The fourth-order valence-corrected chi connectivity index (χ4v) is 3.12. The van der Waals surface area contributed by atoms with E-state index < -0.39 is 0 Å². The van der Waals surface area contributed by atoms with Crippen molar-refractivity contribution in [3.8, 4) is 0 Å². The monoisotopic (exact) mass is 306 g/mol. The van der Waals surface area contributed by atoms with E-state index in [1.54, 1.807) is 0 Å². The second-order valence-electron chi connectivity index (χ2n) is 5.40. The van der Waals surface area contributed by atoms with Crippen molar-refractivity contribution >= 4 is 24.8 Å². The van der Waals surface area contributed by atoms with Gasteiger partial charge in [0, 0.05) is 25.6 Å². The molecular weight excluding hydrogens is 283 g/mol. The molecule has 1 saturated heterocycles. The molecule has 0 atom stereocenters. The molecule has 2 aliphatic rings. The van der Waals surface area contributed by atoms with Gasteiger partial charge in [-0.3, -0.25) is 4.90 Å². The van der Waals surface area contributed by atoms with Crippen molar-refractivity contribution in [2.75, 3.05) is 26.7 Å². The molecule has 19 heavy (non-hydrogen) atoms. The molecule has 3 heterocycles. The standard InChI is InChI=1S/C13H22N4.2ClH/c1-10-15-13(11-3-5-14-6-4-11)12-9-16(2)7-8-17(10)12;;/h11,14H,3-9H2,1-2H3;2*1H. The van der Waals surface area contributed by atoms with Crippen LogP contribution >= 0.6 is 24.8 Å². The fourth-order valence-electron chi connectivity index (χ4n) is 3.12. The molecule has 6 heteroatoms. The molecule has 1 fully saturated rings. The van der Waals surface area contributed by atoms with Crippen molar-refractivity contribution in [1.82, 2.24) is 19.8 Å². The van der Waals surface area contributed by atoms with Gasteiger partial charge in [0.05, 0.1) is 11.4 Å². The van der Waals surface area contributed by atoms with Crippen molar-refractivity contribution in [2.24, 2.45) is 0 Å². The van der Waals surface area contributed by atoms with E-state index in [4.69, 9.17) is 4.98 Å². The first-order chi connectivity index (χ1) is 8.25. The topological polar surface area (TPSA) is 33.1 Å². The van der Waals surface area contributed by atoms with Gasteiger partial charge in [0.2, 0.25) is 0 Å². The number of hydrogen-bond acceptors (Lipinski definition) is 3. The highest BCUT2D eigenvalue weighted by molar-refractivity contribution is 5.85. The Hall–Kier alpha value is -0.290. The summed E-state index contributed by atoms with van der Waals surface area (Å²) >= 11 is 0. The van der Waals surface area contributed by atoms with Gasteiger partial charge in [-0.05, 0) is 39.9 Å². The number of nitrogens with zero attached hydrogens (tertiary/aromatic N) is 3. The molecule has 2 aliphatic heterocycles. The molecule has 3 rings (SSSR count). The van der Waals surface area contributed by atoms with Gasteiger partial charge in [0.25, 0.3) is 0 Å². The number of piperidine rings is 1. The second kappa shape index (κ2) is 6.93. The minimum absolute atomic E-state index is 0. The molecule has 0 spiro atoms. The Labute approximate surface area is 127 Å². The number of nitrogens with one attached hydrogen (secondary N) is 1. The molecule has 0 unspecified atom stereocenters. The van der Waals surface area contributed by atoms with Crippen LogP contribution < -0.4 is 5.32 Å². The zero-order valence-electron chi connectivity index (χ0n) is 11.7. The molecule has 4 nitrogen and oxygen atoms in total. The third-order valence-corrected chi connectivity index (χ3v) is 4.15. The lowest BCUT2D eigenvalue weighted by atomic mass is 9.93. The highest BCUT2D eigenvalue weighted by Crippen LogP contribution is 2.30. The summed E-state index contributed by atoms with van der Waals surface area (Å²) < 4.78 is 2.43. The maximum absolute atomic E-state index is 4.86. The van der Waals surface area contributed by atoms with Crippen LogP contribution in [0.1, 0.15) is 36.0 Å². The summed E-state index contributed by atoms with van der Waals surface area (Å²) in [6.07, 6.45) is 2.49. The van der Waals surface area contributed by atoms with E-state index in [0.29, 0.717) is 5.92 Å². The van der Waals surface area contributed by atoms with Crippen LogP contribution in [0.2, 0.25) is 0 Å². The summed E-state index contributed by atoms with van der Waals surface area (Å²) in [4.78, 5) is 7.26. The minimum atomic E-state index is 0. The highest BCUT2D eigenvalue weighted by Gasteiger charge is 2.26. The Morgan fingerprint density at radius 1 is 1.16 bits per heavy atom. The van der Waals surface area contributed by atoms with Crippen LogP contribution in [0, 0.1) is 6.92 Å². The number of halogens is 2. The normalized spacial score (nSPS) is 20.3. The third kappa shape index (κ3) is 3.24. The summed E-state index contributed by atoms with van der Waals surface area (Å²) in [5, 5.41) is 3.44. The van der Waals surface area contributed by atoms with E-state index in [0.717, 1.165) is 32.7 Å². The summed E-state index contributed by atoms with van der Waals surface area (Å²) in [5.74, 6) is 1.89. The lowest BCUT2D eigenvalue weighted by Crippen LogP contribution is -2.32. The Bertz CT molecular complexity index is 413.